The average molecular weight is 381 g/mol. The Morgan fingerprint density at radius 3 is 2.57 bits per heavy atom. The van der Waals surface area contributed by atoms with Crippen LogP contribution in [0.4, 0.5) is 0 Å². The Morgan fingerprint density at radius 1 is 1.25 bits per heavy atom. The second kappa shape index (κ2) is 7.41. The second-order valence-electron chi connectivity index (χ2n) is 7.99. The third-order valence-electron chi connectivity index (χ3n) is 5.86. The molecule has 28 heavy (non-hydrogen) atoms. The number of aromatic nitrogens is 2. The van der Waals surface area contributed by atoms with Gasteiger partial charge in [0.2, 0.25) is 0 Å². The number of rotatable bonds is 7. The first-order valence-electron chi connectivity index (χ1n) is 10.2. The molecule has 6 heteroatoms. The van der Waals surface area contributed by atoms with Crippen molar-refractivity contribution in [1.82, 2.24) is 14.7 Å². The number of benzene rings is 1. The number of carboxylic acids is 1. The van der Waals surface area contributed by atoms with Crippen molar-refractivity contribution < 1.29 is 14.7 Å². The van der Waals surface area contributed by atoms with Gasteiger partial charge in [0.1, 0.15) is 0 Å². The molecule has 0 saturated heterocycles. The van der Waals surface area contributed by atoms with Gasteiger partial charge < -0.3 is 10.0 Å². The van der Waals surface area contributed by atoms with Gasteiger partial charge in [-0.25, -0.2) is 4.68 Å². The lowest BCUT2D eigenvalue weighted by Gasteiger charge is -2.23. The second-order valence-corrected chi connectivity index (χ2v) is 7.99. The average Bonchev–Trinajstić information content (AvgIpc) is 3.31. The van der Waals surface area contributed by atoms with E-state index >= 15 is 0 Å². The van der Waals surface area contributed by atoms with Gasteiger partial charge in [-0.05, 0) is 56.2 Å². The third-order valence-corrected chi connectivity index (χ3v) is 5.86. The van der Waals surface area contributed by atoms with Gasteiger partial charge in [-0.1, -0.05) is 26.0 Å². The quantitative estimate of drug-likeness (QED) is 0.799. The summed E-state index contributed by atoms with van der Waals surface area (Å²) in [5.41, 5.74) is 4.92. The largest absolute Gasteiger partial charge is 0.481 e. The van der Waals surface area contributed by atoms with E-state index in [-0.39, 0.29) is 18.5 Å². The summed E-state index contributed by atoms with van der Waals surface area (Å²) in [7, 11) is 0. The summed E-state index contributed by atoms with van der Waals surface area (Å²) in [6.45, 7) is 4.02. The van der Waals surface area contributed by atoms with E-state index in [0.717, 1.165) is 55.5 Å². The molecule has 1 N–H and O–H groups in total. The molecule has 0 spiro atoms. The van der Waals surface area contributed by atoms with Crippen LogP contribution in [-0.4, -0.2) is 44.3 Å². The Morgan fingerprint density at radius 2 is 1.96 bits per heavy atom. The van der Waals surface area contributed by atoms with Crippen molar-refractivity contribution in [3.63, 3.8) is 0 Å². The maximum Gasteiger partial charge on any atom is 0.308 e. The highest BCUT2D eigenvalue weighted by molar-refractivity contribution is 5.95. The fourth-order valence-corrected chi connectivity index (χ4v) is 3.99. The molecule has 1 saturated carbocycles. The topological polar surface area (TPSA) is 75.4 Å². The summed E-state index contributed by atoms with van der Waals surface area (Å²) in [6.07, 6.45) is 5.67. The molecule has 1 heterocycles. The third kappa shape index (κ3) is 3.43. The highest BCUT2D eigenvalue weighted by Crippen LogP contribution is 2.33. The maximum atomic E-state index is 13.3. The van der Waals surface area contributed by atoms with Crippen LogP contribution in [-0.2, 0) is 24.1 Å². The minimum absolute atomic E-state index is 0.113. The highest BCUT2D eigenvalue weighted by atomic mass is 16.4. The monoisotopic (exact) mass is 381 g/mol. The van der Waals surface area contributed by atoms with Gasteiger partial charge in [0.25, 0.3) is 5.91 Å². The van der Waals surface area contributed by atoms with E-state index in [1.165, 1.54) is 5.56 Å². The molecule has 6 nitrogen and oxygen atoms in total. The van der Waals surface area contributed by atoms with Crippen LogP contribution in [0.15, 0.2) is 24.3 Å². The molecule has 0 bridgehead atoms. The first-order valence-corrected chi connectivity index (χ1v) is 10.2. The van der Waals surface area contributed by atoms with Crippen LogP contribution >= 0.6 is 0 Å². The van der Waals surface area contributed by atoms with Crippen molar-refractivity contribution in [1.29, 1.82) is 0 Å². The lowest BCUT2D eigenvalue weighted by molar-refractivity contribution is -0.141. The number of nitrogens with zero attached hydrogens (tertiary/aromatic N) is 3. The lowest BCUT2D eigenvalue weighted by atomic mass is 10.1. The van der Waals surface area contributed by atoms with Crippen molar-refractivity contribution in [2.45, 2.75) is 58.4 Å². The molecule has 1 aromatic heterocycles. The van der Waals surface area contributed by atoms with Gasteiger partial charge in [-0.3, -0.25) is 9.59 Å². The van der Waals surface area contributed by atoms with Gasteiger partial charge in [0.15, 0.2) is 5.69 Å². The van der Waals surface area contributed by atoms with Gasteiger partial charge in [-0.15, -0.1) is 0 Å². The molecule has 1 aromatic carbocycles. The molecular weight excluding hydrogens is 354 g/mol. The van der Waals surface area contributed by atoms with Crippen LogP contribution in [0.25, 0.3) is 5.69 Å². The number of hydrogen-bond donors (Lipinski definition) is 1. The molecule has 0 aliphatic heterocycles. The number of fused-ring (bicyclic) bond motifs is 1. The summed E-state index contributed by atoms with van der Waals surface area (Å²) >= 11 is 0. The van der Waals surface area contributed by atoms with Crippen molar-refractivity contribution in [2.75, 3.05) is 6.54 Å². The molecule has 1 amide bonds. The lowest BCUT2D eigenvalue weighted by Crippen LogP contribution is -2.39. The van der Waals surface area contributed by atoms with Gasteiger partial charge >= 0.3 is 5.97 Å². The zero-order chi connectivity index (χ0) is 19.8. The van der Waals surface area contributed by atoms with E-state index in [2.05, 4.69) is 31.2 Å². The molecule has 2 aliphatic carbocycles. The molecule has 4 rings (SSSR count). The van der Waals surface area contributed by atoms with Gasteiger partial charge in [0, 0.05) is 23.8 Å². The Bertz CT molecular complexity index is 896. The van der Waals surface area contributed by atoms with Crippen molar-refractivity contribution in [3.05, 3.63) is 46.8 Å². The smallest absolute Gasteiger partial charge is 0.308 e. The molecular formula is C22H27N3O3. The van der Waals surface area contributed by atoms with Crippen LogP contribution in [0, 0.1) is 5.92 Å². The van der Waals surface area contributed by atoms with Crippen LogP contribution in [0.3, 0.4) is 0 Å². The first kappa shape index (κ1) is 18.7. The minimum Gasteiger partial charge on any atom is -0.481 e. The molecule has 2 aromatic rings. The zero-order valence-corrected chi connectivity index (χ0v) is 16.5. The minimum atomic E-state index is -0.870. The summed E-state index contributed by atoms with van der Waals surface area (Å²) in [4.78, 5) is 26.4. The standard InChI is InChI=1S/C22H27N3O3/c1-3-15-7-9-17(10-8-15)25-19-6-4-5-18(19)20(23-25)21(26)24(16-11-12-16)13-14(2)22(27)28/h7-10,14,16H,3-6,11-13H2,1-2H3,(H,27,28). The number of aliphatic carboxylic acids is 1. The van der Waals surface area contributed by atoms with Gasteiger partial charge in [0.05, 0.1) is 11.6 Å². The Balaban J connectivity index is 1.67. The summed E-state index contributed by atoms with van der Waals surface area (Å²) in [6, 6.07) is 8.48. The number of carboxylic acid groups (broad SMARTS) is 1. The van der Waals surface area contributed by atoms with Gasteiger partial charge in [-0.2, -0.15) is 5.10 Å². The fraction of sp³-hybridized carbons (Fsp3) is 0.500. The number of aryl methyl sites for hydroxylation is 1. The number of carbonyl (C=O) groups excluding carboxylic acids is 1. The molecule has 1 fully saturated rings. The van der Waals surface area contributed by atoms with E-state index in [0.29, 0.717) is 5.69 Å². The zero-order valence-electron chi connectivity index (χ0n) is 16.5. The van der Waals surface area contributed by atoms with Crippen molar-refractivity contribution in [2.24, 2.45) is 5.92 Å². The highest BCUT2D eigenvalue weighted by Gasteiger charge is 2.38. The van der Waals surface area contributed by atoms with Crippen LogP contribution in [0.5, 0.6) is 0 Å². The van der Waals surface area contributed by atoms with E-state index in [1.54, 1.807) is 11.8 Å². The maximum absolute atomic E-state index is 13.3. The van der Waals surface area contributed by atoms with E-state index in [1.807, 2.05) is 4.68 Å². The molecule has 148 valence electrons. The first-order chi connectivity index (χ1) is 13.5. The summed E-state index contributed by atoms with van der Waals surface area (Å²) in [5, 5.41) is 14.0. The SMILES string of the molecule is CCc1ccc(-n2nc(C(=O)N(CC(C)C(=O)O)C3CC3)c3c2CCC3)cc1. The molecule has 1 unspecified atom stereocenters. The fourth-order valence-electron chi connectivity index (χ4n) is 3.99. The van der Waals surface area contributed by atoms with Crippen molar-refractivity contribution >= 4 is 11.9 Å². The van der Waals surface area contributed by atoms with Crippen molar-refractivity contribution in [3.8, 4) is 5.69 Å². The predicted octanol–water partition coefficient (Wildman–Crippen LogP) is 3.25. The number of carbonyl (C=O) groups is 2. The summed E-state index contributed by atoms with van der Waals surface area (Å²) < 4.78 is 1.92. The Labute approximate surface area is 165 Å². The molecule has 2 aliphatic rings. The van der Waals surface area contributed by atoms with E-state index in [4.69, 9.17) is 5.10 Å². The molecule has 0 radical (unpaired) electrons. The van der Waals surface area contributed by atoms with Crippen LogP contribution in [0.1, 0.15) is 60.4 Å². The summed E-state index contributed by atoms with van der Waals surface area (Å²) in [5.74, 6) is -1.57. The van der Waals surface area contributed by atoms with E-state index in [9.17, 15) is 14.7 Å². The van der Waals surface area contributed by atoms with E-state index < -0.39 is 11.9 Å². The predicted molar refractivity (Wildman–Crippen MR) is 106 cm³/mol. The molecule has 1 atom stereocenters. The Kier molecular flexibility index (Phi) is 4.96. The van der Waals surface area contributed by atoms with Crippen LogP contribution in [0.2, 0.25) is 0 Å². The van der Waals surface area contributed by atoms with Crippen LogP contribution < -0.4 is 0 Å². The normalized spacial score (nSPS) is 16.6. The number of amides is 1. The Hall–Kier alpha value is -2.63. The number of hydrogen-bond acceptors (Lipinski definition) is 3.